The lowest BCUT2D eigenvalue weighted by Gasteiger charge is -2.08. The maximum atomic E-state index is 14.1. The van der Waals surface area contributed by atoms with Crippen LogP contribution in [0.1, 0.15) is 12.6 Å². The molecule has 1 aromatic carbocycles. The van der Waals surface area contributed by atoms with Gasteiger partial charge in [-0.3, -0.25) is 0 Å². The highest BCUT2D eigenvalue weighted by Crippen LogP contribution is 2.33. The van der Waals surface area contributed by atoms with Gasteiger partial charge >= 0.3 is 0 Å². The number of halogens is 3. The number of aryl methyl sites for hydroxylation is 1. The van der Waals surface area contributed by atoms with E-state index < -0.39 is 5.82 Å². The van der Waals surface area contributed by atoms with Gasteiger partial charge in [0.15, 0.2) is 11.0 Å². The largest absolute Gasteiger partial charge is 0.227 e. The number of benzene rings is 1. The highest BCUT2D eigenvalue weighted by atomic mass is 79.9. The zero-order chi connectivity index (χ0) is 12.6. The first-order chi connectivity index (χ1) is 8.08. The number of thioether (sulfide) groups is 1. The van der Waals surface area contributed by atoms with E-state index >= 15 is 0 Å². The van der Waals surface area contributed by atoms with Crippen LogP contribution in [0, 0.1) is 5.82 Å². The lowest BCUT2D eigenvalue weighted by Crippen LogP contribution is -1.98. The maximum Gasteiger partial charge on any atom is 0.188 e. The van der Waals surface area contributed by atoms with Gasteiger partial charge in [-0.2, -0.15) is 0 Å². The molecule has 2 nitrogen and oxygen atoms in total. The van der Waals surface area contributed by atoms with Crippen molar-refractivity contribution in [2.75, 3.05) is 6.26 Å². The van der Waals surface area contributed by atoms with Gasteiger partial charge < -0.3 is 0 Å². The van der Waals surface area contributed by atoms with Crippen LogP contribution >= 0.6 is 39.3 Å². The van der Waals surface area contributed by atoms with Crippen LogP contribution < -0.4 is 0 Å². The number of hydrogen-bond acceptors (Lipinski definition) is 3. The van der Waals surface area contributed by atoms with E-state index in [1.54, 1.807) is 6.07 Å². The van der Waals surface area contributed by atoms with Crippen LogP contribution in [0.4, 0.5) is 4.39 Å². The summed E-state index contributed by atoms with van der Waals surface area (Å²) in [6.07, 6.45) is 2.58. The van der Waals surface area contributed by atoms with Crippen LogP contribution in [0.25, 0.3) is 10.9 Å². The molecule has 0 unspecified atom stereocenters. The number of aromatic nitrogens is 2. The second kappa shape index (κ2) is 5.08. The third kappa shape index (κ3) is 2.28. The number of hydrogen-bond donors (Lipinski definition) is 0. The highest BCUT2D eigenvalue weighted by molar-refractivity contribution is 9.10. The van der Waals surface area contributed by atoms with Crippen molar-refractivity contribution in [1.29, 1.82) is 0 Å². The van der Waals surface area contributed by atoms with E-state index in [2.05, 4.69) is 25.9 Å². The first-order valence-corrected chi connectivity index (χ1v) is 7.36. The summed E-state index contributed by atoms with van der Waals surface area (Å²) in [7, 11) is 0. The molecule has 0 atom stereocenters. The van der Waals surface area contributed by atoms with Gasteiger partial charge in [0, 0.05) is 5.39 Å². The van der Waals surface area contributed by atoms with E-state index in [0.29, 0.717) is 27.5 Å². The Morgan fingerprint density at radius 3 is 2.76 bits per heavy atom. The predicted molar refractivity (Wildman–Crippen MR) is 73.4 cm³/mol. The molecule has 0 fully saturated rings. The van der Waals surface area contributed by atoms with Crippen molar-refractivity contribution < 1.29 is 4.39 Å². The first-order valence-electron chi connectivity index (χ1n) is 4.96. The molecule has 0 spiro atoms. The quantitative estimate of drug-likeness (QED) is 0.460. The van der Waals surface area contributed by atoms with Crippen LogP contribution in [0.2, 0.25) is 5.02 Å². The zero-order valence-corrected chi connectivity index (χ0v) is 12.4. The second-order valence-electron chi connectivity index (χ2n) is 3.39. The van der Waals surface area contributed by atoms with Gasteiger partial charge in [0.2, 0.25) is 0 Å². The Morgan fingerprint density at radius 1 is 1.47 bits per heavy atom. The van der Waals surface area contributed by atoms with Crippen molar-refractivity contribution in [2.24, 2.45) is 0 Å². The van der Waals surface area contributed by atoms with Gasteiger partial charge in [-0.05, 0) is 34.7 Å². The van der Waals surface area contributed by atoms with E-state index in [9.17, 15) is 4.39 Å². The minimum Gasteiger partial charge on any atom is -0.227 e. The predicted octanol–water partition coefficient (Wildman–Crippen LogP) is 4.47. The summed E-state index contributed by atoms with van der Waals surface area (Å²) >= 11 is 10.5. The van der Waals surface area contributed by atoms with Crippen LogP contribution in [0.15, 0.2) is 15.7 Å². The molecule has 90 valence electrons. The maximum absolute atomic E-state index is 14.1. The van der Waals surface area contributed by atoms with Crippen molar-refractivity contribution in [1.82, 2.24) is 9.97 Å². The Kier molecular flexibility index (Phi) is 3.90. The van der Waals surface area contributed by atoms with E-state index in [4.69, 9.17) is 11.6 Å². The smallest absolute Gasteiger partial charge is 0.188 e. The van der Waals surface area contributed by atoms with Crippen LogP contribution in [0.5, 0.6) is 0 Å². The third-order valence-corrected chi connectivity index (χ3v) is 4.25. The van der Waals surface area contributed by atoms with Crippen LogP contribution in [-0.2, 0) is 6.42 Å². The van der Waals surface area contributed by atoms with Crippen LogP contribution in [0.3, 0.4) is 0 Å². The summed E-state index contributed by atoms with van der Waals surface area (Å²) in [6, 6.07) is 1.70. The van der Waals surface area contributed by atoms with Gasteiger partial charge in [-0.25, -0.2) is 14.4 Å². The summed E-state index contributed by atoms with van der Waals surface area (Å²) in [5.74, 6) is -0.431. The zero-order valence-electron chi connectivity index (χ0n) is 9.22. The monoisotopic (exact) mass is 334 g/mol. The Balaban J connectivity index is 2.89. The summed E-state index contributed by atoms with van der Waals surface area (Å²) in [6.45, 7) is 1.97. The molecule has 0 amide bonds. The van der Waals surface area contributed by atoms with Gasteiger partial charge in [-0.1, -0.05) is 30.3 Å². The van der Waals surface area contributed by atoms with Gasteiger partial charge in [-0.15, -0.1) is 0 Å². The Bertz CT molecular complexity index is 591. The lowest BCUT2D eigenvalue weighted by molar-refractivity contribution is 0.628. The summed E-state index contributed by atoms with van der Waals surface area (Å²) in [5.41, 5.74) is 1.13. The van der Waals surface area contributed by atoms with E-state index in [-0.39, 0.29) is 4.47 Å². The Morgan fingerprint density at radius 2 is 2.18 bits per heavy atom. The van der Waals surface area contributed by atoms with E-state index in [1.807, 2.05) is 13.2 Å². The van der Waals surface area contributed by atoms with Crippen molar-refractivity contribution >= 4 is 50.2 Å². The summed E-state index contributed by atoms with van der Waals surface area (Å²) < 4.78 is 14.3. The van der Waals surface area contributed by atoms with Crippen LogP contribution in [-0.4, -0.2) is 16.2 Å². The SMILES string of the molecule is CCc1nc(SC)nc2c(F)c(Br)c(Cl)cc12. The Labute approximate surface area is 116 Å². The normalized spacial score (nSPS) is 11.1. The van der Waals surface area contributed by atoms with E-state index in [0.717, 1.165) is 5.69 Å². The minimum absolute atomic E-state index is 0.250. The van der Waals surface area contributed by atoms with Crippen molar-refractivity contribution in [3.8, 4) is 0 Å². The molecule has 6 heteroatoms. The van der Waals surface area contributed by atoms with Crippen molar-refractivity contribution in [2.45, 2.75) is 18.5 Å². The fourth-order valence-corrected chi connectivity index (χ4v) is 2.45. The van der Waals surface area contributed by atoms with Gasteiger partial charge in [0.1, 0.15) is 5.52 Å². The topological polar surface area (TPSA) is 25.8 Å². The molecule has 1 heterocycles. The third-order valence-electron chi connectivity index (χ3n) is 2.40. The average molecular weight is 336 g/mol. The minimum atomic E-state index is -0.431. The highest BCUT2D eigenvalue weighted by Gasteiger charge is 2.15. The standard InChI is InChI=1S/C11H9BrClFN2S/c1-3-7-5-4-6(13)8(12)9(14)10(5)16-11(15-7)17-2/h4H,3H2,1-2H3. The van der Waals surface area contributed by atoms with Crippen molar-refractivity contribution in [3.05, 3.63) is 27.1 Å². The molecule has 2 rings (SSSR count). The molecule has 0 N–H and O–H groups in total. The molecule has 0 saturated heterocycles. The lowest BCUT2D eigenvalue weighted by atomic mass is 10.1. The molecule has 0 aliphatic carbocycles. The molecular formula is C11H9BrClFN2S. The van der Waals surface area contributed by atoms with Crippen molar-refractivity contribution in [3.63, 3.8) is 0 Å². The molecule has 0 aliphatic heterocycles. The molecular weight excluding hydrogens is 327 g/mol. The molecule has 2 aromatic rings. The Hall–Kier alpha value is -0.390. The first kappa shape index (κ1) is 13.1. The molecule has 0 bridgehead atoms. The number of rotatable bonds is 2. The van der Waals surface area contributed by atoms with Gasteiger partial charge in [0.25, 0.3) is 0 Å². The molecule has 0 radical (unpaired) electrons. The van der Waals surface area contributed by atoms with Gasteiger partial charge in [0.05, 0.1) is 15.2 Å². The fourth-order valence-electron chi connectivity index (χ4n) is 1.57. The van der Waals surface area contributed by atoms with E-state index in [1.165, 1.54) is 11.8 Å². The summed E-state index contributed by atoms with van der Waals surface area (Å²) in [4.78, 5) is 8.55. The molecule has 17 heavy (non-hydrogen) atoms. The average Bonchev–Trinajstić information content (AvgIpc) is 2.35. The second-order valence-corrected chi connectivity index (χ2v) is 5.37. The summed E-state index contributed by atoms with van der Waals surface area (Å²) in [5, 5.41) is 1.59. The molecule has 0 aliphatic rings. The fraction of sp³-hybridized carbons (Fsp3) is 0.273. The molecule has 1 aromatic heterocycles. The molecule has 0 saturated carbocycles. The number of fused-ring (bicyclic) bond motifs is 1. The number of nitrogens with zero attached hydrogens (tertiary/aromatic N) is 2.